The number of rotatable bonds is 0. The molecule has 2 aliphatic rings. The van der Waals surface area contributed by atoms with E-state index in [0.29, 0.717) is 6.04 Å². The fourth-order valence-electron chi connectivity index (χ4n) is 1.90. The first-order chi connectivity index (χ1) is 5.36. The molecule has 3 nitrogen and oxygen atoms in total. The summed E-state index contributed by atoms with van der Waals surface area (Å²) < 4.78 is 5.42. The molecule has 3 heteroatoms. The first kappa shape index (κ1) is 7.53. The second-order valence-electron chi connectivity index (χ2n) is 3.53. The van der Waals surface area contributed by atoms with Crippen molar-refractivity contribution in [1.29, 1.82) is 0 Å². The number of piperazine rings is 1. The lowest BCUT2D eigenvalue weighted by Gasteiger charge is -2.42. The van der Waals surface area contributed by atoms with E-state index in [0.717, 1.165) is 19.8 Å². The normalized spacial score (nSPS) is 35.2. The Bertz CT molecular complexity index is 140. The Morgan fingerprint density at radius 3 is 3.09 bits per heavy atom. The number of likely N-dealkylation sites (N-methyl/N-ethyl adjacent to an activating group) is 1. The van der Waals surface area contributed by atoms with E-state index in [1.54, 1.807) is 0 Å². The van der Waals surface area contributed by atoms with Gasteiger partial charge in [-0.25, -0.2) is 0 Å². The molecule has 1 unspecified atom stereocenters. The van der Waals surface area contributed by atoms with E-state index >= 15 is 0 Å². The van der Waals surface area contributed by atoms with Crippen molar-refractivity contribution in [3.05, 3.63) is 0 Å². The van der Waals surface area contributed by atoms with E-state index in [1.807, 2.05) is 0 Å². The zero-order chi connectivity index (χ0) is 7.68. The summed E-state index contributed by atoms with van der Waals surface area (Å²) in [7, 11) is 2.19. The zero-order valence-electron chi connectivity index (χ0n) is 7.12. The molecule has 0 aromatic heterocycles. The van der Waals surface area contributed by atoms with Gasteiger partial charge in [-0.3, -0.25) is 4.90 Å². The lowest BCUT2D eigenvalue weighted by atomic mass is 10.1. The van der Waals surface area contributed by atoms with Crippen LogP contribution in [-0.2, 0) is 4.74 Å². The van der Waals surface area contributed by atoms with Crippen LogP contribution in [0.4, 0.5) is 0 Å². The van der Waals surface area contributed by atoms with Crippen molar-refractivity contribution < 1.29 is 4.74 Å². The molecule has 1 atom stereocenters. The van der Waals surface area contributed by atoms with Crippen LogP contribution in [0.1, 0.15) is 0 Å². The van der Waals surface area contributed by atoms with E-state index in [2.05, 4.69) is 16.8 Å². The summed E-state index contributed by atoms with van der Waals surface area (Å²) in [6.45, 7) is 6.63. The van der Waals surface area contributed by atoms with Crippen molar-refractivity contribution in [2.45, 2.75) is 6.04 Å². The van der Waals surface area contributed by atoms with E-state index in [4.69, 9.17) is 4.74 Å². The lowest BCUT2D eigenvalue weighted by Crippen LogP contribution is -2.56. The lowest BCUT2D eigenvalue weighted by molar-refractivity contribution is -0.0397. The molecule has 0 N–H and O–H groups in total. The molecule has 0 bridgehead atoms. The number of morpholine rings is 1. The van der Waals surface area contributed by atoms with Gasteiger partial charge in [0.1, 0.15) is 0 Å². The molecule has 11 heavy (non-hydrogen) atoms. The number of ether oxygens (including phenoxy) is 1. The van der Waals surface area contributed by atoms with E-state index in [9.17, 15) is 0 Å². The maximum Gasteiger partial charge on any atom is 0.0634 e. The van der Waals surface area contributed by atoms with Gasteiger partial charge >= 0.3 is 0 Å². The Labute approximate surface area is 67.9 Å². The van der Waals surface area contributed by atoms with Crippen LogP contribution in [-0.4, -0.2) is 62.3 Å². The molecule has 0 aliphatic carbocycles. The highest BCUT2D eigenvalue weighted by Gasteiger charge is 2.27. The maximum absolute atomic E-state index is 5.42. The molecule has 64 valence electrons. The number of hydrogen-bond acceptors (Lipinski definition) is 3. The summed E-state index contributed by atoms with van der Waals surface area (Å²) in [6, 6.07) is 0.669. The van der Waals surface area contributed by atoms with Gasteiger partial charge in [-0.2, -0.15) is 0 Å². The summed E-state index contributed by atoms with van der Waals surface area (Å²) in [4.78, 5) is 4.93. The fourth-order valence-corrected chi connectivity index (χ4v) is 1.90. The molecule has 0 amide bonds. The average Bonchev–Trinajstić information content (AvgIpc) is 2.04. The maximum atomic E-state index is 5.42. The molecule has 0 radical (unpaired) electrons. The summed E-state index contributed by atoms with van der Waals surface area (Å²) in [5.74, 6) is 0. The highest BCUT2D eigenvalue weighted by atomic mass is 16.5. The number of nitrogens with zero attached hydrogens (tertiary/aromatic N) is 2. The predicted octanol–water partition coefficient (Wildman–Crippen LogP) is -0.367. The van der Waals surface area contributed by atoms with E-state index < -0.39 is 0 Å². The molecule has 0 aromatic rings. The van der Waals surface area contributed by atoms with Crippen LogP contribution in [0, 0.1) is 0 Å². The zero-order valence-corrected chi connectivity index (χ0v) is 7.12. The fraction of sp³-hybridized carbons (Fsp3) is 1.00. The van der Waals surface area contributed by atoms with Crippen molar-refractivity contribution in [3.8, 4) is 0 Å². The quantitative estimate of drug-likeness (QED) is 0.476. The Hall–Kier alpha value is -0.120. The smallest absolute Gasteiger partial charge is 0.0634 e. The van der Waals surface area contributed by atoms with Gasteiger partial charge in [0, 0.05) is 32.2 Å². The molecule has 2 fully saturated rings. The SMILES string of the molecule is CN1CCN2CCOCC2C1. The Balaban J connectivity index is 1.93. The van der Waals surface area contributed by atoms with Gasteiger partial charge in [0.2, 0.25) is 0 Å². The molecule has 2 saturated heterocycles. The largest absolute Gasteiger partial charge is 0.378 e. The molecule has 2 aliphatic heterocycles. The minimum absolute atomic E-state index is 0.669. The Kier molecular flexibility index (Phi) is 2.11. The summed E-state index contributed by atoms with van der Waals surface area (Å²) in [5, 5.41) is 0. The van der Waals surface area contributed by atoms with Crippen LogP contribution in [0.25, 0.3) is 0 Å². The van der Waals surface area contributed by atoms with Crippen molar-refractivity contribution in [1.82, 2.24) is 9.80 Å². The van der Waals surface area contributed by atoms with Crippen LogP contribution < -0.4 is 0 Å². The van der Waals surface area contributed by atoms with Crippen LogP contribution in [0.2, 0.25) is 0 Å². The van der Waals surface area contributed by atoms with Gasteiger partial charge in [0.15, 0.2) is 0 Å². The van der Waals surface area contributed by atoms with Crippen molar-refractivity contribution in [2.75, 3.05) is 46.4 Å². The summed E-state index contributed by atoms with van der Waals surface area (Å²) in [5.41, 5.74) is 0. The highest BCUT2D eigenvalue weighted by molar-refractivity contribution is 4.82. The minimum atomic E-state index is 0.669. The third-order valence-corrected chi connectivity index (χ3v) is 2.64. The van der Waals surface area contributed by atoms with Gasteiger partial charge in [-0.15, -0.1) is 0 Å². The third-order valence-electron chi connectivity index (χ3n) is 2.64. The van der Waals surface area contributed by atoms with Gasteiger partial charge in [-0.05, 0) is 7.05 Å². The van der Waals surface area contributed by atoms with Crippen LogP contribution in [0.5, 0.6) is 0 Å². The topological polar surface area (TPSA) is 15.7 Å². The first-order valence-electron chi connectivity index (χ1n) is 4.36. The predicted molar refractivity (Wildman–Crippen MR) is 43.7 cm³/mol. The second-order valence-corrected chi connectivity index (χ2v) is 3.53. The molecule has 0 spiro atoms. The average molecular weight is 156 g/mol. The number of fused-ring (bicyclic) bond motifs is 1. The van der Waals surface area contributed by atoms with Crippen molar-refractivity contribution in [3.63, 3.8) is 0 Å². The van der Waals surface area contributed by atoms with Crippen LogP contribution in [0.15, 0.2) is 0 Å². The van der Waals surface area contributed by atoms with Crippen molar-refractivity contribution in [2.24, 2.45) is 0 Å². The van der Waals surface area contributed by atoms with Gasteiger partial charge in [0.05, 0.1) is 13.2 Å². The number of hydrogen-bond donors (Lipinski definition) is 0. The van der Waals surface area contributed by atoms with Crippen LogP contribution >= 0.6 is 0 Å². The molecule has 2 heterocycles. The minimum Gasteiger partial charge on any atom is -0.378 e. The summed E-state index contributed by atoms with van der Waals surface area (Å²) >= 11 is 0. The van der Waals surface area contributed by atoms with E-state index in [-0.39, 0.29) is 0 Å². The standard InChI is InChI=1S/C8H16N2O/c1-9-2-3-10-4-5-11-7-8(10)6-9/h8H,2-7H2,1H3. The van der Waals surface area contributed by atoms with Gasteiger partial charge in [-0.1, -0.05) is 0 Å². The molecule has 0 saturated carbocycles. The van der Waals surface area contributed by atoms with Gasteiger partial charge in [0.25, 0.3) is 0 Å². The van der Waals surface area contributed by atoms with Gasteiger partial charge < -0.3 is 9.64 Å². The molecule has 0 aromatic carbocycles. The van der Waals surface area contributed by atoms with Crippen molar-refractivity contribution >= 4 is 0 Å². The van der Waals surface area contributed by atoms with E-state index in [1.165, 1.54) is 19.6 Å². The Morgan fingerprint density at radius 2 is 2.18 bits per heavy atom. The molecular formula is C8H16N2O. The second kappa shape index (κ2) is 3.09. The summed E-state index contributed by atoms with van der Waals surface area (Å²) in [6.07, 6.45) is 0. The highest BCUT2D eigenvalue weighted by Crippen LogP contribution is 2.11. The Morgan fingerprint density at radius 1 is 1.27 bits per heavy atom. The van der Waals surface area contributed by atoms with Crippen LogP contribution in [0.3, 0.4) is 0 Å². The first-order valence-corrected chi connectivity index (χ1v) is 4.36. The monoisotopic (exact) mass is 156 g/mol. The molecular weight excluding hydrogens is 140 g/mol. The molecule has 2 rings (SSSR count). The third kappa shape index (κ3) is 1.55.